The van der Waals surface area contributed by atoms with Gasteiger partial charge in [-0.25, -0.2) is 9.97 Å². The molecule has 0 spiro atoms. The summed E-state index contributed by atoms with van der Waals surface area (Å²) >= 11 is 1.84. The lowest BCUT2D eigenvalue weighted by Gasteiger charge is -2.26. The molecule has 112 valence electrons. The monoisotopic (exact) mass is 310 g/mol. The number of pyridine rings is 1. The first-order chi connectivity index (χ1) is 10.8. The van der Waals surface area contributed by atoms with Crippen molar-refractivity contribution in [3.63, 3.8) is 0 Å². The number of rotatable bonds is 3. The van der Waals surface area contributed by atoms with Crippen LogP contribution in [0.3, 0.4) is 0 Å². The number of nitrogens with zero attached hydrogens (tertiary/aromatic N) is 4. The van der Waals surface area contributed by atoms with Gasteiger partial charge in [-0.15, -0.1) is 11.3 Å². The molecule has 5 heteroatoms. The summed E-state index contributed by atoms with van der Waals surface area (Å²) in [5.74, 6) is 1.04. The Labute approximate surface area is 133 Å². The van der Waals surface area contributed by atoms with Crippen LogP contribution in [0.2, 0.25) is 0 Å². The Morgan fingerprint density at radius 2 is 2.18 bits per heavy atom. The Bertz CT molecular complexity index is 812. The molecular weight excluding hydrogens is 292 g/mol. The SMILES string of the molecule is CC(c1cccnc1)N(C)c1ncnc2sc3c(c12)CCC3. The third-order valence-electron chi connectivity index (χ3n) is 4.56. The maximum absolute atomic E-state index is 4.60. The van der Waals surface area contributed by atoms with E-state index in [-0.39, 0.29) is 6.04 Å². The standard InChI is InChI=1S/C17H18N4S/c1-11(12-5-4-8-18-9-12)21(2)16-15-13-6-3-7-14(13)22-17(15)20-10-19-16/h4-5,8-11H,3,6-7H2,1-2H3. The average Bonchev–Trinajstić information content (AvgIpc) is 3.14. The highest BCUT2D eigenvalue weighted by Gasteiger charge is 2.24. The molecule has 0 bridgehead atoms. The molecule has 0 saturated heterocycles. The number of thiophene rings is 1. The maximum atomic E-state index is 4.60. The lowest BCUT2D eigenvalue weighted by atomic mass is 10.1. The molecule has 0 aliphatic heterocycles. The first kappa shape index (κ1) is 13.6. The van der Waals surface area contributed by atoms with Crippen LogP contribution in [-0.2, 0) is 12.8 Å². The largest absolute Gasteiger partial charge is 0.352 e. The van der Waals surface area contributed by atoms with Crippen molar-refractivity contribution in [2.24, 2.45) is 0 Å². The van der Waals surface area contributed by atoms with Gasteiger partial charge in [0.1, 0.15) is 17.0 Å². The number of hydrogen-bond donors (Lipinski definition) is 0. The molecule has 0 amide bonds. The third kappa shape index (κ3) is 2.08. The molecule has 0 fully saturated rings. The topological polar surface area (TPSA) is 41.9 Å². The van der Waals surface area contributed by atoms with E-state index in [9.17, 15) is 0 Å². The summed E-state index contributed by atoms with van der Waals surface area (Å²) in [6.07, 6.45) is 9.04. The van der Waals surface area contributed by atoms with Gasteiger partial charge >= 0.3 is 0 Å². The molecule has 0 saturated carbocycles. The molecular formula is C17H18N4S. The zero-order chi connectivity index (χ0) is 15.1. The van der Waals surface area contributed by atoms with Crippen LogP contribution >= 0.6 is 11.3 Å². The van der Waals surface area contributed by atoms with Crippen molar-refractivity contribution in [2.75, 3.05) is 11.9 Å². The smallest absolute Gasteiger partial charge is 0.141 e. The summed E-state index contributed by atoms with van der Waals surface area (Å²) < 4.78 is 0. The molecule has 0 N–H and O–H groups in total. The van der Waals surface area contributed by atoms with E-state index >= 15 is 0 Å². The Morgan fingerprint density at radius 3 is 3.00 bits per heavy atom. The second-order valence-electron chi connectivity index (χ2n) is 5.81. The average molecular weight is 310 g/mol. The lowest BCUT2D eigenvalue weighted by Crippen LogP contribution is -2.23. The molecule has 4 nitrogen and oxygen atoms in total. The Balaban J connectivity index is 1.80. The first-order valence-corrected chi connectivity index (χ1v) is 8.45. The van der Waals surface area contributed by atoms with Gasteiger partial charge in [0, 0.05) is 24.3 Å². The fourth-order valence-corrected chi connectivity index (χ4v) is 4.43. The van der Waals surface area contributed by atoms with Gasteiger partial charge < -0.3 is 4.90 Å². The van der Waals surface area contributed by atoms with Crippen molar-refractivity contribution < 1.29 is 0 Å². The van der Waals surface area contributed by atoms with E-state index in [1.54, 1.807) is 6.33 Å². The van der Waals surface area contributed by atoms with Crippen molar-refractivity contribution >= 4 is 27.4 Å². The molecule has 4 rings (SSSR count). The molecule has 3 heterocycles. The third-order valence-corrected chi connectivity index (χ3v) is 5.76. The van der Waals surface area contributed by atoms with E-state index in [1.165, 1.54) is 34.2 Å². The van der Waals surface area contributed by atoms with E-state index in [1.807, 2.05) is 29.8 Å². The fourth-order valence-electron chi connectivity index (χ4n) is 3.21. The second kappa shape index (κ2) is 5.32. The molecule has 0 radical (unpaired) electrons. The number of aromatic nitrogens is 3. The summed E-state index contributed by atoms with van der Waals surface area (Å²) in [6, 6.07) is 4.33. The lowest BCUT2D eigenvalue weighted by molar-refractivity contribution is 0.727. The van der Waals surface area contributed by atoms with Crippen LogP contribution in [0.1, 0.15) is 35.4 Å². The van der Waals surface area contributed by atoms with Crippen LogP contribution in [0.15, 0.2) is 30.9 Å². The van der Waals surface area contributed by atoms with Gasteiger partial charge in [-0.1, -0.05) is 6.07 Å². The van der Waals surface area contributed by atoms with Crippen molar-refractivity contribution in [3.05, 3.63) is 46.9 Å². The fraction of sp³-hybridized carbons (Fsp3) is 0.353. The molecule has 0 aromatic carbocycles. The van der Waals surface area contributed by atoms with Crippen LogP contribution < -0.4 is 4.90 Å². The summed E-state index contributed by atoms with van der Waals surface area (Å²) in [5.41, 5.74) is 2.67. The Kier molecular flexibility index (Phi) is 3.30. The quantitative estimate of drug-likeness (QED) is 0.738. The highest BCUT2D eigenvalue weighted by atomic mass is 32.1. The van der Waals surface area contributed by atoms with Gasteiger partial charge in [0.25, 0.3) is 0 Å². The van der Waals surface area contributed by atoms with Crippen molar-refractivity contribution in [3.8, 4) is 0 Å². The van der Waals surface area contributed by atoms with Gasteiger partial charge in [0.2, 0.25) is 0 Å². The van der Waals surface area contributed by atoms with Crippen LogP contribution in [0.4, 0.5) is 5.82 Å². The predicted molar refractivity (Wildman–Crippen MR) is 90.5 cm³/mol. The summed E-state index contributed by atoms with van der Waals surface area (Å²) in [7, 11) is 2.11. The molecule has 3 aromatic rings. The van der Waals surface area contributed by atoms with Crippen LogP contribution in [0.25, 0.3) is 10.2 Å². The Morgan fingerprint density at radius 1 is 1.27 bits per heavy atom. The highest BCUT2D eigenvalue weighted by molar-refractivity contribution is 7.19. The van der Waals surface area contributed by atoms with Crippen LogP contribution in [-0.4, -0.2) is 22.0 Å². The van der Waals surface area contributed by atoms with Gasteiger partial charge in [-0.2, -0.15) is 0 Å². The molecule has 1 aliphatic carbocycles. The minimum absolute atomic E-state index is 0.226. The van der Waals surface area contributed by atoms with Crippen LogP contribution in [0, 0.1) is 0 Å². The van der Waals surface area contributed by atoms with Crippen molar-refractivity contribution in [2.45, 2.75) is 32.2 Å². The molecule has 1 atom stereocenters. The van der Waals surface area contributed by atoms with Crippen LogP contribution in [0.5, 0.6) is 0 Å². The summed E-state index contributed by atoms with van der Waals surface area (Å²) in [4.78, 5) is 18.2. The van der Waals surface area contributed by atoms with Gasteiger partial charge in [-0.05, 0) is 43.4 Å². The minimum Gasteiger partial charge on any atom is -0.352 e. The summed E-state index contributed by atoms with van der Waals surface area (Å²) in [6.45, 7) is 2.19. The predicted octanol–water partition coefficient (Wildman–Crippen LogP) is 3.77. The first-order valence-electron chi connectivity index (χ1n) is 7.63. The van der Waals surface area contributed by atoms with Crippen molar-refractivity contribution in [1.29, 1.82) is 0 Å². The van der Waals surface area contributed by atoms with Gasteiger partial charge in [0.15, 0.2) is 0 Å². The summed E-state index contributed by atoms with van der Waals surface area (Å²) in [5, 5.41) is 1.26. The number of aryl methyl sites for hydroxylation is 2. The van der Waals surface area contributed by atoms with E-state index in [2.05, 4.69) is 39.9 Å². The molecule has 1 unspecified atom stereocenters. The zero-order valence-corrected chi connectivity index (χ0v) is 13.6. The van der Waals surface area contributed by atoms with E-state index in [0.29, 0.717) is 0 Å². The number of hydrogen-bond acceptors (Lipinski definition) is 5. The number of fused-ring (bicyclic) bond motifs is 3. The molecule has 22 heavy (non-hydrogen) atoms. The normalized spacial score (nSPS) is 15.0. The zero-order valence-electron chi connectivity index (χ0n) is 12.8. The Hall–Kier alpha value is -2.01. The minimum atomic E-state index is 0.226. The van der Waals surface area contributed by atoms with Gasteiger partial charge in [-0.3, -0.25) is 4.98 Å². The maximum Gasteiger partial charge on any atom is 0.141 e. The van der Waals surface area contributed by atoms with E-state index < -0.39 is 0 Å². The highest BCUT2D eigenvalue weighted by Crippen LogP contribution is 2.41. The van der Waals surface area contributed by atoms with Gasteiger partial charge in [0.05, 0.1) is 11.4 Å². The molecule has 1 aliphatic rings. The number of anilines is 1. The molecule has 3 aromatic heterocycles. The van der Waals surface area contributed by atoms with E-state index in [4.69, 9.17) is 0 Å². The second-order valence-corrected chi connectivity index (χ2v) is 6.89. The van der Waals surface area contributed by atoms with Crippen molar-refractivity contribution in [1.82, 2.24) is 15.0 Å². The van der Waals surface area contributed by atoms with E-state index in [0.717, 1.165) is 17.1 Å².